The van der Waals surface area contributed by atoms with Gasteiger partial charge in [-0.3, -0.25) is 0 Å². The Balaban J connectivity index is 2.42. The topological polar surface area (TPSA) is 29.9 Å². The van der Waals surface area contributed by atoms with Crippen molar-refractivity contribution in [3.8, 4) is 0 Å². The molecule has 1 aliphatic rings. The van der Waals surface area contributed by atoms with E-state index < -0.39 is 0 Å². The van der Waals surface area contributed by atoms with Gasteiger partial charge < -0.3 is 9.88 Å². The van der Waals surface area contributed by atoms with Crippen LogP contribution in [0.25, 0.3) is 0 Å². The largest absolute Gasteiger partial charge is 0.327 e. The van der Waals surface area contributed by atoms with Crippen LogP contribution in [0.2, 0.25) is 5.15 Å². The van der Waals surface area contributed by atoms with Crippen molar-refractivity contribution in [2.75, 3.05) is 7.05 Å². The van der Waals surface area contributed by atoms with E-state index in [9.17, 15) is 0 Å². The first-order valence-corrected chi connectivity index (χ1v) is 5.52. The van der Waals surface area contributed by atoms with E-state index >= 15 is 0 Å². The fourth-order valence-electron chi connectivity index (χ4n) is 2.21. The predicted octanol–water partition coefficient (Wildman–Crippen LogP) is 2.15. The van der Waals surface area contributed by atoms with Crippen molar-refractivity contribution in [2.24, 2.45) is 0 Å². The lowest BCUT2D eigenvalue weighted by atomic mass is 10.0. The van der Waals surface area contributed by atoms with E-state index in [1.54, 1.807) is 0 Å². The summed E-state index contributed by atoms with van der Waals surface area (Å²) in [6.07, 6.45) is 3.53. The van der Waals surface area contributed by atoms with Gasteiger partial charge in [-0.25, -0.2) is 4.98 Å². The first kappa shape index (κ1) is 9.99. The molecule has 0 spiro atoms. The monoisotopic (exact) mass is 213 g/mol. The Hall–Kier alpha value is -0.540. The van der Waals surface area contributed by atoms with Gasteiger partial charge in [-0.15, -0.1) is 0 Å². The third-order valence-corrected chi connectivity index (χ3v) is 3.15. The van der Waals surface area contributed by atoms with Crippen LogP contribution in [0.4, 0.5) is 0 Å². The second kappa shape index (κ2) is 3.91. The van der Waals surface area contributed by atoms with Gasteiger partial charge >= 0.3 is 0 Å². The predicted molar refractivity (Wildman–Crippen MR) is 57.6 cm³/mol. The summed E-state index contributed by atoms with van der Waals surface area (Å²) in [5.41, 5.74) is 1.22. The van der Waals surface area contributed by atoms with E-state index in [0.717, 1.165) is 18.8 Å². The summed E-state index contributed by atoms with van der Waals surface area (Å²) in [5.74, 6) is 1.07. The zero-order chi connectivity index (χ0) is 10.1. The number of fused-ring (bicyclic) bond motifs is 1. The fraction of sp³-hybridized carbons (Fsp3) is 0.700. The summed E-state index contributed by atoms with van der Waals surface area (Å²) in [5, 5.41) is 3.82. The first-order chi connectivity index (χ1) is 6.74. The highest BCUT2D eigenvalue weighted by atomic mass is 35.5. The molecule has 0 aromatic carbocycles. The lowest BCUT2D eigenvalue weighted by Crippen LogP contribution is -2.20. The molecule has 1 aromatic heterocycles. The summed E-state index contributed by atoms with van der Waals surface area (Å²) < 4.78 is 2.29. The highest BCUT2D eigenvalue weighted by Crippen LogP contribution is 2.30. The van der Waals surface area contributed by atoms with E-state index in [4.69, 9.17) is 11.6 Å². The van der Waals surface area contributed by atoms with Gasteiger partial charge in [0, 0.05) is 6.04 Å². The molecule has 3 nitrogen and oxygen atoms in total. The van der Waals surface area contributed by atoms with Crippen LogP contribution in [0.3, 0.4) is 0 Å². The minimum absolute atomic E-state index is 0.544. The molecule has 1 aromatic rings. The van der Waals surface area contributed by atoms with Crippen LogP contribution in [0.1, 0.15) is 37.3 Å². The second-order valence-corrected chi connectivity index (χ2v) is 4.27. The molecular formula is C10H16ClN3. The molecule has 78 valence electrons. The molecule has 0 aliphatic carbocycles. The number of imidazole rings is 1. The van der Waals surface area contributed by atoms with Crippen molar-refractivity contribution < 1.29 is 0 Å². The SMILES string of the molecule is CNCc1nc(Cl)c2n1C(C)CCC2. The van der Waals surface area contributed by atoms with E-state index in [0.29, 0.717) is 11.2 Å². The fourth-order valence-corrected chi connectivity index (χ4v) is 2.49. The van der Waals surface area contributed by atoms with E-state index in [1.165, 1.54) is 18.5 Å². The molecule has 0 saturated heterocycles. The average Bonchev–Trinajstić information content (AvgIpc) is 2.46. The van der Waals surface area contributed by atoms with Gasteiger partial charge in [-0.1, -0.05) is 11.6 Å². The Bertz CT molecular complexity index is 332. The maximum atomic E-state index is 6.10. The molecule has 0 fully saturated rings. The van der Waals surface area contributed by atoms with Gasteiger partial charge in [-0.2, -0.15) is 0 Å². The van der Waals surface area contributed by atoms with Crippen LogP contribution < -0.4 is 5.32 Å². The number of hydrogen-bond donors (Lipinski definition) is 1. The van der Waals surface area contributed by atoms with Crippen molar-refractivity contribution in [2.45, 2.75) is 38.8 Å². The normalized spacial score (nSPS) is 20.9. The third-order valence-electron chi connectivity index (χ3n) is 2.85. The summed E-state index contributed by atoms with van der Waals surface area (Å²) >= 11 is 6.10. The van der Waals surface area contributed by atoms with Crippen molar-refractivity contribution >= 4 is 11.6 Å². The second-order valence-electron chi connectivity index (χ2n) is 3.91. The molecule has 2 rings (SSSR count). The first-order valence-electron chi connectivity index (χ1n) is 5.14. The van der Waals surface area contributed by atoms with E-state index in [-0.39, 0.29) is 0 Å². The highest BCUT2D eigenvalue weighted by Gasteiger charge is 2.22. The van der Waals surface area contributed by atoms with Crippen LogP contribution in [-0.2, 0) is 13.0 Å². The molecule has 14 heavy (non-hydrogen) atoms. The molecule has 4 heteroatoms. The molecule has 1 unspecified atom stereocenters. The Morgan fingerprint density at radius 3 is 3.14 bits per heavy atom. The zero-order valence-corrected chi connectivity index (χ0v) is 9.43. The number of aromatic nitrogens is 2. The number of rotatable bonds is 2. The van der Waals surface area contributed by atoms with Crippen LogP contribution >= 0.6 is 11.6 Å². The van der Waals surface area contributed by atoms with Gasteiger partial charge in [0.05, 0.1) is 12.2 Å². The molecule has 0 bridgehead atoms. The van der Waals surface area contributed by atoms with Gasteiger partial charge in [-0.05, 0) is 33.2 Å². The maximum Gasteiger partial charge on any atom is 0.150 e. The molecule has 0 radical (unpaired) electrons. The third kappa shape index (κ3) is 1.55. The number of halogens is 1. The molecule has 1 atom stereocenters. The van der Waals surface area contributed by atoms with Crippen LogP contribution in [0.15, 0.2) is 0 Å². The Morgan fingerprint density at radius 2 is 2.43 bits per heavy atom. The van der Waals surface area contributed by atoms with E-state index in [1.807, 2.05) is 7.05 Å². The summed E-state index contributed by atoms with van der Waals surface area (Å²) in [6, 6.07) is 0.544. The molecular weight excluding hydrogens is 198 g/mol. The summed E-state index contributed by atoms with van der Waals surface area (Å²) in [6.45, 7) is 3.03. The Labute approximate surface area is 89.5 Å². The maximum absolute atomic E-state index is 6.10. The molecule has 0 saturated carbocycles. The van der Waals surface area contributed by atoms with Gasteiger partial charge in [0.15, 0.2) is 5.15 Å². The van der Waals surface area contributed by atoms with Crippen molar-refractivity contribution in [3.63, 3.8) is 0 Å². The van der Waals surface area contributed by atoms with Crippen LogP contribution in [0.5, 0.6) is 0 Å². The lowest BCUT2D eigenvalue weighted by Gasteiger charge is -2.24. The average molecular weight is 214 g/mol. The smallest absolute Gasteiger partial charge is 0.150 e. The molecule has 1 aliphatic heterocycles. The summed E-state index contributed by atoms with van der Waals surface area (Å²) in [7, 11) is 1.93. The minimum Gasteiger partial charge on any atom is -0.327 e. The lowest BCUT2D eigenvalue weighted by molar-refractivity contribution is 0.415. The number of nitrogens with zero attached hydrogens (tertiary/aromatic N) is 2. The quantitative estimate of drug-likeness (QED) is 0.816. The standard InChI is InChI=1S/C10H16ClN3/c1-7-4-3-5-8-10(11)13-9(6-12-2)14(7)8/h7,12H,3-6H2,1-2H3. The molecule has 2 heterocycles. The Morgan fingerprint density at radius 1 is 1.64 bits per heavy atom. The van der Waals surface area contributed by atoms with Gasteiger partial charge in [0.2, 0.25) is 0 Å². The zero-order valence-electron chi connectivity index (χ0n) is 8.68. The summed E-state index contributed by atoms with van der Waals surface area (Å²) in [4.78, 5) is 4.40. The van der Waals surface area contributed by atoms with E-state index in [2.05, 4.69) is 21.8 Å². The number of nitrogens with one attached hydrogen (secondary N) is 1. The molecule has 0 amide bonds. The van der Waals surface area contributed by atoms with Crippen molar-refractivity contribution in [3.05, 3.63) is 16.7 Å². The van der Waals surface area contributed by atoms with Crippen LogP contribution in [-0.4, -0.2) is 16.6 Å². The Kier molecular flexibility index (Phi) is 2.79. The highest BCUT2D eigenvalue weighted by molar-refractivity contribution is 6.30. The minimum atomic E-state index is 0.544. The van der Waals surface area contributed by atoms with Gasteiger partial charge in [0.25, 0.3) is 0 Å². The number of hydrogen-bond acceptors (Lipinski definition) is 2. The van der Waals surface area contributed by atoms with Gasteiger partial charge in [0.1, 0.15) is 5.82 Å². The van der Waals surface area contributed by atoms with Crippen molar-refractivity contribution in [1.82, 2.24) is 14.9 Å². The van der Waals surface area contributed by atoms with Crippen LogP contribution in [0, 0.1) is 0 Å². The molecule has 1 N–H and O–H groups in total. The van der Waals surface area contributed by atoms with Crippen molar-refractivity contribution in [1.29, 1.82) is 0 Å².